The highest BCUT2D eigenvalue weighted by molar-refractivity contribution is 7.09. The third-order valence-electron chi connectivity index (χ3n) is 8.33. The molecule has 2 aliphatic heterocycles. The minimum absolute atomic E-state index is 0.0718. The Morgan fingerprint density at radius 1 is 1.15 bits per heavy atom. The van der Waals surface area contributed by atoms with E-state index in [0.29, 0.717) is 31.5 Å². The molecule has 208 valence electrons. The lowest BCUT2D eigenvalue weighted by molar-refractivity contribution is -0.140. The number of carbonyl (C=O) groups excluding carboxylic acids is 2. The molecule has 2 aromatic heterocycles. The quantitative estimate of drug-likeness (QED) is 0.215. The predicted octanol–water partition coefficient (Wildman–Crippen LogP) is 5.59. The van der Waals surface area contributed by atoms with E-state index in [4.69, 9.17) is 9.07 Å². The van der Waals surface area contributed by atoms with Gasteiger partial charge in [0.25, 0.3) is 0 Å². The van der Waals surface area contributed by atoms with Gasteiger partial charge in [-0.05, 0) is 79.6 Å². The topological polar surface area (TPSA) is 100 Å². The number of likely N-dealkylation sites (tertiary alicyclic amines) is 1. The lowest BCUT2D eigenvalue weighted by Crippen LogP contribution is -2.46. The smallest absolute Gasteiger partial charge is 0.455 e. The zero-order chi connectivity index (χ0) is 27.5. The van der Waals surface area contributed by atoms with E-state index >= 15 is 0 Å². The van der Waals surface area contributed by atoms with Crippen molar-refractivity contribution in [1.29, 1.82) is 0 Å². The minimum Gasteiger partial charge on any atom is -0.459 e. The van der Waals surface area contributed by atoms with Crippen molar-refractivity contribution in [2.45, 2.75) is 84.4 Å². The summed E-state index contributed by atoms with van der Waals surface area (Å²) in [6.07, 6.45) is 7.86. The molecule has 3 aliphatic rings. The molecule has 2 saturated heterocycles. The second-order valence-electron chi connectivity index (χ2n) is 11.0. The maximum absolute atomic E-state index is 13.7. The molecule has 4 heterocycles. The summed E-state index contributed by atoms with van der Waals surface area (Å²) in [5.74, 6) is 0.116. The first kappa shape index (κ1) is 28.1. The number of furan rings is 1. The predicted molar refractivity (Wildman–Crippen MR) is 151 cm³/mol. The van der Waals surface area contributed by atoms with Crippen molar-refractivity contribution in [1.82, 2.24) is 4.90 Å². The fourth-order valence-electron chi connectivity index (χ4n) is 6.75. The average molecular weight is 552 g/mol. The summed E-state index contributed by atoms with van der Waals surface area (Å²) in [4.78, 5) is 29.7. The number of rotatable bonds is 11. The van der Waals surface area contributed by atoms with Crippen LogP contribution < -0.4 is 0 Å². The highest BCUT2D eigenvalue weighted by atomic mass is 32.1. The summed E-state index contributed by atoms with van der Waals surface area (Å²) in [7, 11) is -0.963. The van der Waals surface area contributed by atoms with Crippen molar-refractivity contribution in [3.8, 4) is 0 Å². The van der Waals surface area contributed by atoms with Gasteiger partial charge in [-0.15, -0.1) is 11.3 Å². The van der Waals surface area contributed by atoms with Crippen LogP contribution in [0.15, 0.2) is 50.8 Å². The Bertz CT molecular complexity index is 1230. The van der Waals surface area contributed by atoms with Gasteiger partial charge in [0.15, 0.2) is 0 Å². The summed E-state index contributed by atoms with van der Waals surface area (Å²) < 4.78 is 11.9. The van der Waals surface area contributed by atoms with Crippen LogP contribution in [0, 0.1) is 17.8 Å². The van der Waals surface area contributed by atoms with Crippen LogP contribution in [0.5, 0.6) is 0 Å². The molecule has 1 aliphatic carbocycles. The number of carbonyl (C=O) groups is 2. The molecule has 0 aromatic carbocycles. The van der Waals surface area contributed by atoms with Crippen LogP contribution in [-0.2, 0) is 27.4 Å². The van der Waals surface area contributed by atoms with Crippen molar-refractivity contribution >= 4 is 36.3 Å². The van der Waals surface area contributed by atoms with Gasteiger partial charge in [0.05, 0.1) is 24.5 Å². The van der Waals surface area contributed by atoms with E-state index in [1.54, 1.807) is 17.4 Å². The van der Waals surface area contributed by atoms with E-state index in [-0.39, 0.29) is 36.4 Å². The number of amides is 2. The van der Waals surface area contributed by atoms with Gasteiger partial charge in [-0.25, -0.2) is 0 Å². The second-order valence-corrected chi connectivity index (χ2v) is 12.0. The monoisotopic (exact) mass is 551 g/mol. The van der Waals surface area contributed by atoms with Crippen LogP contribution >= 0.6 is 11.3 Å². The zero-order valence-corrected chi connectivity index (χ0v) is 23.6. The number of imide groups is 1. The van der Waals surface area contributed by atoms with Crippen molar-refractivity contribution in [2.75, 3.05) is 0 Å². The second kappa shape index (κ2) is 12.4. The average Bonchev–Trinajstić information content (AvgIpc) is 3.65. The highest BCUT2D eigenvalue weighted by Crippen LogP contribution is 2.51. The standard InChI is InChI=1S/C30H38BNO6S/c1-3-6-19(14-21-10-11-22(18-33)37-21)9-12-26-27-20(7-4-2)15-24-28(25(27)16-31(36)38-26)30(35)32(29(24)34)17-23-8-5-13-39-23/h5,8,10-11,13-14,24-26,28,33,36H,3-4,6-7,9,12,15-18H2,1-2H3/b19-14+/t24-,25+,26-,28-/m1/s1. The zero-order valence-electron chi connectivity index (χ0n) is 22.8. The number of aliphatic hydroxyl groups is 1. The Morgan fingerprint density at radius 3 is 2.69 bits per heavy atom. The molecule has 39 heavy (non-hydrogen) atoms. The molecule has 7 nitrogen and oxygen atoms in total. The molecule has 0 saturated carbocycles. The first-order valence-corrected chi connectivity index (χ1v) is 15.1. The van der Waals surface area contributed by atoms with Gasteiger partial charge in [-0.2, -0.15) is 0 Å². The van der Waals surface area contributed by atoms with Crippen LogP contribution in [0.4, 0.5) is 0 Å². The van der Waals surface area contributed by atoms with E-state index in [1.807, 2.05) is 29.7 Å². The third-order valence-corrected chi connectivity index (χ3v) is 9.19. The van der Waals surface area contributed by atoms with Crippen LogP contribution in [0.2, 0.25) is 6.32 Å². The fourth-order valence-corrected chi connectivity index (χ4v) is 7.44. The third kappa shape index (κ3) is 5.87. The number of allylic oxidation sites excluding steroid dienone is 2. The van der Waals surface area contributed by atoms with Gasteiger partial charge in [-0.1, -0.05) is 43.9 Å². The van der Waals surface area contributed by atoms with Gasteiger partial charge in [-0.3, -0.25) is 14.5 Å². The molecule has 0 spiro atoms. The maximum atomic E-state index is 13.7. The summed E-state index contributed by atoms with van der Waals surface area (Å²) >= 11 is 1.55. The molecule has 5 rings (SSSR count). The Labute approximate surface area is 234 Å². The van der Waals surface area contributed by atoms with E-state index < -0.39 is 13.0 Å². The Morgan fingerprint density at radius 2 is 2.00 bits per heavy atom. The molecular weight excluding hydrogens is 513 g/mol. The molecule has 0 radical (unpaired) electrons. The Hall–Kier alpha value is -2.46. The number of hydrogen-bond donors (Lipinski definition) is 2. The Kier molecular flexibility index (Phi) is 8.91. The molecule has 4 atom stereocenters. The van der Waals surface area contributed by atoms with Crippen LogP contribution in [0.25, 0.3) is 6.08 Å². The normalized spacial score (nSPS) is 25.5. The number of nitrogens with zero attached hydrogens (tertiary/aromatic N) is 1. The largest absolute Gasteiger partial charge is 0.459 e. The van der Waals surface area contributed by atoms with Gasteiger partial charge in [0, 0.05) is 4.88 Å². The first-order valence-electron chi connectivity index (χ1n) is 14.2. The molecule has 2 aromatic rings. The Balaban J connectivity index is 1.40. The van der Waals surface area contributed by atoms with Crippen LogP contribution in [0.1, 0.15) is 75.2 Å². The lowest BCUT2D eigenvalue weighted by Gasteiger charge is -2.43. The summed E-state index contributed by atoms with van der Waals surface area (Å²) in [5.41, 5.74) is 3.61. The molecule has 2 N–H and O–H groups in total. The van der Waals surface area contributed by atoms with Crippen molar-refractivity contribution in [2.24, 2.45) is 17.8 Å². The van der Waals surface area contributed by atoms with Gasteiger partial charge in [0.1, 0.15) is 18.1 Å². The van der Waals surface area contributed by atoms with E-state index in [0.717, 1.165) is 48.3 Å². The summed E-state index contributed by atoms with van der Waals surface area (Å²) in [6, 6.07) is 7.55. The van der Waals surface area contributed by atoms with Gasteiger partial charge in [0.2, 0.25) is 11.8 Å². The van der Waals surface area contributed by atoms with E-state index in [9.17, 15) is 19.7 Å². The van der Waals surface area contributed by atoms with Crippen molar-refractivity contribution in [3.63, 3.8) is 0 Å². The van der Waals surface area contributed by atoms with E-state index in [1.165, 1.54) is 16.0 Å². The maximum Gasteiger partial charge on any atom is 0.455 e. The number of thiophene rings is 1. The number of aliphatic hydroxyl groups excluding tert-OH is 1. The summed E-state index contributed by atoms with van der Waals surface area (Å²) in [6.45, 7) is 4.47. The molecule has 2 fully saturated rings. The van der Waals surface area contributed by atoms with Gasteiger partial charge < -0.3 is 19.2 Å². The molecule has 9 heteroatoms. The minimum atomic E-state index is -0.963. The fraction of sp³-hybridized carbons (Fsp3) is 0.533. The first-order chi connectivity index (χ1) is 18.9. The molecule has 0 bridgehead atoms. The van der Waals surface area contributed by atoms with Gasteiger partial charge >= 0.3 is 7.12 Å². The number of fused-ring (bicyclic) bond motifs is 3. The molecule has 0 unspecified atom stereocenters. The SMILES string of the molecule is CCCC1=C2[C@@H](CC/C(=C/c3ccc(CO)o3)CCC)OB(O)C[C@@H]2[C@@H]2C(=O)N(Cc3cccs3)C(=O)[C@@H]2C1. The van der Waals surface area contributed by atoms with Crippen LogP contribution in [-0.4, -0.2) is 40.1 Å². The highest BCUT2D eigenvalue weighted by Gasteiger charge is 2.57. The summed E-state index contributed by atoms with van der Waals surface area (Å²) in [5, 5.41) is 22.1. The van der Waals surface area contributed by atoms with Crippen LogP contribution in [0.3, 0.4) is 0 Å². The van der Waals surface area contributed by atoms with Crippen molar-refractivity contribution in [3.05, 3.63) is 62.8 Å². The molecular formula is C30H38BNO6S. The molecule has 2 amide bonds. The number of hydrogen-bond acceptors (Lipinski definition) is 7. The van der Waals surface area contributed by atoms with E-state index in [2.05, 4.69) is 13.8 Å². The lowest BCUT2D eigenvalue weighted by atomic mass is 9.58. The van der Waals surface area contributed by atoms with Crippen molar-refractivity contribution < 1.29 is 28.8 Å².